The van der Waals surface area contributed by atoms with Gasteiger partial charge in [-0.2, -0.15) is 0 Å². The molecule has 0 aromatic heterocycles. The van der Waals surface area contributed by atoms with Gasteiger partial charge in [0.05, 0.1) is 19.1 Å². The lowest BCUT2D eigenvalue weighted by molar-refractivity contribution is -0.122. The Morgan fingerprint density at radius 2 is 2.17 bits per heavy atom. The van der Waals surface area contributed by atoms with Crippen LogP contribution in [0.15, 0.2) is 18.2 Å². The van der Waals surface area contributed by atoms with Gasteiger partial charge < -0.3 is 15.2 Å². The number of rotatable bonds is 6. The molecule has 0 aliphatic rings. The first kappa shape index (κ1) is 14.5. The molecular weight excluding hydrogens is 230 g/mol. The fourth-order valence-corrected chi connectivity index (χ4v) is 1.48. The van der Waals surface area contributed by atoms with E-state index in [1.54, 1.807) is 6.92 Å². The van der Waals surface area contributed by atoms with Crippen molar-refractivity contribution in [1.29, 1.82) is 0 Å². The normalized spacial score (nSPS) is 12.0. The van der Waals surface area contributed by atoms with Gasteiger partial charge in [-0.3, -0.25) is 4.79 Å². The summed E-state index contributed by atoms with van der Waals surface area (Å²) in [6.07, 6.45) is -0.228. The summed E-state index contributed by atoms with van der Waals surface area (Å²) in [7, 11) is 0. The second kappa shape index (κ2) is 7.01. The van der Waals surface area contributed by atoms with E-state index in [4.69, 9.17) is 9.84 Å². The van der Waals surface area contributed by atoms with E-state index < -0.39 is 6.10 Å². The number of carbonyl (C=O) groups excluding carboxylic acids is 1. The Hall–Kier alpha value is -1.55. The Morgan fingerprint density at radius 3 is 2.83 bits per heavy atom. The third-order valence-corrected chi connectivity index (χ3v) is 2.74. The van der Waals surface area contributed by atoms with Crippen LogP contribution in [0.2, 0.25) is 0 Å². The third kappa shape index (κ3) is 4.75. The summed E-state index contributed by atoms with van der Waals surface area (Å²) in [5.41, 5.74) is 2.27. The number of carbonyl (C=O) groups is 1. The average molecular weight is 251 g/mol. The monoisotopic (exact) mass is 251 g/mol. The Labute approximate surface area is 108 Å². The molecule has 0 bridgehead atoms. The average Bonchev–Trinajstić information content (AvgIpc) is 2.32. The Balaban J connectivity index is 2.33. The van der Waals surface area contributed by atoms with Crippen LogP contribution in [-0.2, 0) is 4.79 Å². The van der Waals surface area contributed by atoms with Gasteiger partial charge >= 0.3 is 0 Å². The summed E-state index contributed by atoms with van der Waals surface area (Å²) in [5, 5.41) is 11.7. The molecule has 0 saturated heterocycles. The summed E-state index contributed by atoms with van der Waals surface area (Å²) in [4.78, 5) is 11.4. The molecule has 2 N–H and O–H groups in total. The van der Waals surface area contributed by atoms with Crippen molar-refractivity contribution in [2.75, 3.05) is 13.2 Å². The zero-order valence-corrected chi connectivity index (χ0v) is 11.2. The molecule has 18 heavy (non-hydrogen) atoms. The maximum Gasteiger partial charge on any atom is 0.223 e. The van der Waals surface area contributed by atoms with Gasteiger partial charge in [-0.1, -0.05) is 12.1 Å². The molecule has 100 valence electrons. The van der Waals surface area contributed by atoms with Crippen LogP contribution in [0.25, 0.3) is 0 Å². The lowest BCUT2D eigenvalue weighted by Crippen LogP contribution is -2.31. The maximum absolute atomic E-state index is 11.4. The second-order valence-corrected chi connectivity index (χ2v) is 4.45. The predicted octanol–water partition coefficient (Wildman–Crippen LogP) is 1.57. The highest BCUT2D eigenvalue weighted by Crippen LogP contribution is 2.20. The first-order valence-corrected chi connectivity index (χ1v) is 6.14. The van der Waals surface area contributed by atoms with Gasteiger partial charge in [0.25, 0.3) is 0 Å². The van der Waals surface area contributed by atoms with Crippen molar-refractivity contribution < 1.29 is 14.6 Å². The fourth-order valence-electron chi connectivity index (χ4n) is 1.48. The molecule has 0 aliphatic heterocycles. The molecule has 4 heteroatoms. The van der Waals surface area contributed by atoms with Gasteiger partial charge in [0, 0.05) is 6.54 Å². The lowest BCUT2D eigenvalue weighted by Gasteiger charge is -2.11. The number of hydrogen-bond donors (Lipinski definition) is 2. The molecule has 1 amide bonds. The van der Waals surface area contributed by atoms with Crippen molar-refractivity contribution in [3.8, 4) is 5.75 Å². The number of aliphatic hydroxyl groups is 1. The minimum absolute atomic E-state index is 0.110. The van der Waals surface area contributed by atoms with E-state index in [1.165, 1.54) is 5.56 Å². The maximum atomic E-state index is 11.4. The Morgan fingerprint density at radius 1 is 1.44 bits per heavy atom. The smallest absolute Gasteiger partial charge is 0.223 e. The van der Waals surface area contributed by atoms with Crippen molar-refractivity contribution in [2.24, 2.45) is 0 Å². The summed E-state index contributed by atoms with van der Waals surface area (Å²) in [6, 6.07) is 5.86. The predicted molar refractivity (Wildman–Crippen MR) is 70.7 cm³/mol. The first-order chi connectivity index (χ1) is 8.50. The highest BCUT2D eigenvalue weighted by molar-refractivity contribution is 5.76. The van der Waals surface area contributed by atoms with Crippen molar-refractivity contribution >= 4 is 5.91 Å². The van der Waals surface area contributed by atoms with Crippen LogP contribution in [0.4, 0.5) is 0 Å². The zero-order valence-electron chi connectivity index (χ0n) is 11.2. The van der Waals surface area contributed by atoms with E-state index in [9.17, 15) is 4.79 Å². The van der Waals surface area contributed by atoms with E-state index >= 15 is 0 Å². The molecule has 0 spiro atoms. The number of ether oxygens (including phenoxy) is 1. The Kier molecular flexibility index (Phi) is 5.65. The molecule has 0 fully saturated rings. The topological polar surface area (TPSA) is 58.6 Å². The summed E-state index contributed by atoms with van der Waals surface area (Å²) in [6.45, 7) is 6.28. The fraction of sp³-hybridized carbons (Fsp3) is 0.500. The van der Waals surface area contributed by atoms with Gasteiger partial charge in [0.1, 0.15) is 5.75 Å². The van der Waals surface area contributed by atoms with Crippen molar-refractivity contribution in [1.82, 2.24) is 5.32 Å². The van der Waals surface area contributed by atoms with Crippen LogP contribution >= 0.6 is 0 Å². The third-order valence-electron chi connectivity index (χ3n) is 2.74. The highest BCUT2D eigenvalue weighted by atomic mass is 16.5. The van der Waals surface area contributed by atoms with Gasteiger partial charge in [-0.15, -0.1) is 0 Å². The molecule has 4 nitrogen and oxygen atoms in total. The van der Waals surface area contributed by atoms with E-state index in [0.29, 0.717) is 13.0 Å². The summed E-state index contributed by atoms with van der Waals surface area (Å²) < 4.78 is 5.57. The number of amides is 1. The Bertz CT molecular complexity index is 402. The van der Waals surface area contributed by atoms with Crippen LogP contribution in [-0.4, -0.2) is 30.3 Å². The van der Waals surface area contributed by atoms with Gasteiger partial charge in [-0.05, 0) is 38.0 Å². The van der Waals surface area contributed by atoms with E-state index in [2.05, 4.69) is 5.32 Å². The van der Waals surface area contributed by atoms with Crippen LogP contribution < -0.4 is 10.1 Å². The van der Waals surface area contributed by atoms with E-state index in [-0.39, 0.29) is 12.5 Å². The lowest BCUT2D eigenvalue weighted by atomic mass is 10.1. The number of aliphatic hydroxyl groups excluding tert-OH is 1. The first-order valence-electron chi connectivity index (χ1n) is 6.14. The van der Waals surface area contributed by atoms with Gasteiger partial charge in [-0.25, -0.2) is 0 Å². The molecule has 0 heterocycles. The molecule has 1 atom stereocenters. The molecule has 0 aliphatic carbocycles. The number of hydrogen-bond acceptors (Lipinski definition) is 3. The van der Waals surface area contributed by atoms with Crippen LogP contribution in [0.5, 0.6) is 5.75 Å². The minimum Gasteiger partial charge on any atom is -0.493 e. The SMILES string of the molecule is Cc1cccc(OCCC(=O)NCC(C)O)c1C. The second-order valence-electron chi connectivity index (χ2n) is 4.45. The molecule has 0 radical (unpaired) electrons. The van der Waals surface area contributed by atoms with Crippen LogP contribution in [0.1, 0.15) is 24.5 Å². The largest absolute Gasteiger partial charge is 0.493 e. The van der Waals surface area contributed by atoms with Gasteiger partial charge in [0.2, 0.25) is 5.91 Å². The van der Waals surface area contributed by atoms with Crippen molar-refractivity contribution in [3.63, 3.8) is 0 Å². The van der Waals surface area contributed by atoms with Crippen LogP contribution in [0.3, 0.4) is 0 Å². The molecule has 1 rings (SSSR count). The minimum atomic E-state index is -0.520. The zero-order chi connectivity index (χ0) is 13.5. The van der Waals surface area contributed by atoms with Gasteiger partial charge in [0.15, 0.2) is 0 Å². The van der Waals surface area contributed by atoms with Crippen molar-refractivity contribution in [2.45, 2.75) is 33.3 Å². The molecule has 1 aromatic carbocycles. The van der Waals surface area contributed by atoms with Crippen molar-refractivity contribution in [3.05, 3.63) is 29.3 Å². The van der Waals surface area contributed by atoms with E-state index in [1.807, 2.05) is 32.0 Å². The van der Waals surface area contributed by atoms with Crippen LogP contribution in [0, 0.1) is 13.8 Å². The summed E-state index contributed by atoms with van der Waals surface area (Å²) >= 11 is 0. The molecule has 1 aromatic rings. The molecule has 1 unspecified atom stereocenters. The molecular formula is C14H21NO3. The number of aryl methyl sites for hydroxylation is 1. The molecule has 0 saturated carbocycles. The standard InChI is InChI=1S/C14H21NO3/c1-10-5-4-6-13(12(10)3)18-8-7-14(17)15-9-11(2)16/h4-6,11,16H,7-9H2,1-3H3,(H,15,17). The highest BCUT2D eigenvalue weighted by Gasteiger charge is 2.05. The quantitative estimate of drug-likeness (QED) is 0.807. The number of nitrogens with one attached hydrogen (secondary N) is 1. The summed E-state index contributed by atoms with van der Waals surface area (Å²) in [5.74, 6) is 0.708. The van der Waals surface area contributed by atoms with E-state index in [0.717, 1.165) is 11.3 Å². The number of benzene rings is 1.